The largest absolute Gasteiger partial charge is 0.303 e. The van der Waals surface area contributed by atoms with Crippen LogP contribution in [-0.4, -0.2) is 24.5 Å². The van der Waals surface area contributed by atoms with Crippen molar-refractivity contribution in [3.8, 4) is 0 Å². The maximum atomic E-state index is 2.58. The predicted octanol–water partition coefficient (Wildman–Crippen LogP) is 3.22. The molecule has 0 aromatic rings. The molecule has 0 radical (unpaired) electrons. The Morgan fingerprint density at radius 2 is 2.20 bits per heavy atom. The van der Waals surface area contributed by atoms with Crippen molar-refractivity contribution in [1.82, 2.24) is 4.90 Å². The summed E-state index contributed by atoms with van der Waals surface area (Å²) in [6.07, 6.45) is 12.6. The first-order valence-electron chi connectivity index (χ1n) is 6.82. The first kappa shape index (κ1) is 9.89. The number of allylic oxidation sites excluding steroid dienone is 2. The van der Waals surface area contributed by atoms with E-state index in [9.17, 15) is 0 Å². The second-order valence-electron chi connectivity index (χ2n) is 5.70. The molecule has 1 heteroatoms. The molecule has 1 saturated heterocycles. The molecule has 0 spiro atoms. The van der Waals surface area contributed by atoms with Crippen LogP contribution in [0.2, 0.25) is 0 Å². The van der Waals surface area contributed by atoms with Crippen molar-refractivity contribution >= 4 is 0 Å². The zero-order chi connectivity index (χ0) is 10.1. The third-order valence-corrected chi connectivity index (χ3v) is 4.49. The van der Waals surface area contributed by atoms with Crippen LogP contribution < -0.4 is 0 Å². The molecule has 0 bridgehead atoms. The third-order valence-electron chi connectivity index (χ3n) is 4.49. The Morgan fingerprint density at radius 1 is 1.27 bits per heavy atom. The highest BCUT2D eigenvalue weighted by atomic mass is 15.2. The van der Waals surface area contributed by atoms with Gasteiger partial charge in [-0.25, -0.2) is 0 Å². The molecule has 1 heterocycles. The Bertz CT molecular complexity index is 252. The number of hydrogen-bond donors (Lipinski definition) is 0. The Hall–Kier alpha value is -0.300. The molecule has 2 saturated carbocycles. The summed E-state index contributed by atoms with van der Waals surface area (Å²) < 4.78 is 0. The molecule has 2 atom stereocenters. The van der Waals surface area contributed by atoms with Crippen LogP contribution in [0.3, 0.4) is 0 Å². The smallest absolute Gasteiger partial charge is 0.000654 e. The zero-order valence-corrected chi connectivity index (χ0v) is 9.75. The monoisotopic (exact) mass is 205 g/mol. The van der Waals surface area contributed by atoms with Gasteiger partial charge in [-0.05, 0) is 76.4 Å². The van der Waals surface area contributed by atoms with Crippen LogP contribution in [0.15, 0.2) is 11.6 Å². The number of likely N-dealkylation sites (tertiary alicyclic amines) is 1. The van der Waals surface area contributed by atoms with Gasteiger partial charge in [-0.15, -0.1) is 0 Å². The second-order valence-corrected chi connectivity index (χ2v) is 5.70. The average Bonchev–Trinajstić information content (AvgIpc) is 2.92. The van der Waals surface area contributed by atoms with Crippen LogP contribution in [0.5, 0.6) is 0 Å². The highest BCUT2D eigenvalue weighted by Crippen LogP contribution is 2.51. The fourth-order valence-electron chi connectivity index (χ4n) is 3.14. The van der Waals surface area contributed by atoms with Crippen molar-refractivity contribution in [2.45, 2.75) is 44.9 Å². The molecule has 15 heavy (non-hydrogen) atoms. The minimum absolute atomic E-state index is 1.11. The van der Waals surface area contributed by atoms with Gasteiger partial charge in [0.05, 0.1) is 0 Å². The van der Waals surface area contributed by atoms with Crippen molar-refractivity contribution in [2.75, 3.05) is 19.6 Å². The molecule has 0 N–H and O–H groups in total. The topological polar surface area (TPSA) is 3.24 Å². The van der Waals surface area contributed by atoms with Crippen molar-refractivity contribution in [3.05, 3.63) is 11.6 Å². The number of unbranched alkanes of at least 4 members (excludes halogenated alkanes) is 1. The third kappa shape index (κ3) is 2.44. The molecule has 0 amide bonds. The van der Waals surface area contributed by atoms with Crippen molar-refractivity contribution < 1.29 is 0 Å². The number of rotatable bonds is 4. The molecule has 0 aromatic heterocycles. The van der Waals surface area contributed by atoms with Crippen molar-refractivity contribution in [2.24, 2.45) is 11.8 Å². The highest BCUT2D eigenvalue weighted by Gasteiger charge is 2.39. The van der Waals surface area contributed by atoms with Gasteiger partial charge in [0.25, 0.3) is 0 Å². The lowest BCUT2D eigenvalue weighted by Crippen LogP contribution is -2.37. The summed E-state index contributed by atoms with van der Waals surface area (Å²) in [5, 5.41) is 0. The van der Waals surface area contributed by atoms with E-state index in [4.69, 9.17) is 0 Å². The first-order chi connectivity index (χ1) is 7.42. The minimum Gasteiger partial charge on any atom is -0.303 e. The standard InChI is InChI=1S/C14H23N/c1(2-7-15-8-3-9-15)4-12-5-6-13-11-14(13)10-12/h4,13-14H,1-3,5-11H2/b12-4-. The summed E-state index contributed by atoms with van der Waals surface area (Å²) >= 11 is 0. The molecule has 3 fully saturated rings. The summed E-state index contributed by atoms with van der Waals surface area (Å²) in [6.45, 7) is 4.07. The average molecular weight is 205 g/mol. The number of hydrogen-bond acceptors (Lipinski definition) is 1. The molecular weight excluding hydrogens is 182 g/mol. The van der Waals surface area contributed by atoms with E-state index in [0.29, 0.717) is 0 Å². The molecule has 1 nitrogen and oxygen atoms in total. The second kappa shape index (κ2) is 4.29. The SMILES string of the molecule is C(/CCCN1CCC1)=C1\CCC2CC2C1. The first-order valence-corrected chi connectivity index (χ1v) is 6.82. The normalized spacial score (nSPS) is 37.5. The van der Waals surface area contributed by atoms with Gasteiger partial charge < -0.3 is 4.90 Å². The summed E-state index contributed by atoms with van der Waals surface area (Å²) in [5.74, 6) is 2.25. The van der Waals surface area contributed by atoms with E-state index in [1.807, 2.05) is 0 Å². The quantitative estimate of drug-likeness (QED) is 0.503. The maximum absolute atomic E-state index is 2.58. The van der Waals surface area contributed by atoms with Crippen LogP contribution >= 0.6 is 0 Å². The van der Waals surface area contributed by atoms with Crippen LogP contribution in [0.1, 0.15) is 44.9 Å². The molecule has 3 rings (SSSR count). The van der Waals surface area contributed by atoms with E-state index in [1.165, 1.54) is 58.2 Å². The van der Waals surface area contributed by atoms with Crippen LogP contribution in [0.25, 0.3) is 0 Å². The molecular formula is C14H23N. The fourth-order valence-corrected chi connectivity index (χ4v) is 3.14. The van der Waals surface area contributed by atoms with Crippen LogP contribution in [0.4, 0.5) is 0 Å². The lowest BCUT2D eigenvalue weighted by molar-refractivity contribution is 0.180. The lowest BCUT2D eigenvalue weighted by atomic mass is 9.94. The maximum Gasteiger partial charge on any atom is -0.000654 e. The van der Waals surface area contributed by atoms with Crippen LogP contribution in [0, 0.1) is 11.8 Å². The summed E-state index contributed by atoms with van der Waals surface area (Å²) in [4.78, 5) is 2.58. The van der Waals surface area contributed by atoms with E-state index < -0.39 is 0 Å². The molecule has 2 aliphatic carbocycles. The van der Waals surface area contributed by atoms with E-state index in [2.05, 4.69) is 11.0 Å². The van der Waals surface area contributed by atoms with Gasteiger partial charge in [0.15, 0.2) is 0 Å². The van der Waals surface area contributed by atoms with Crippen LogP contribution in [-0.2, 0) is 0 Å². The van der Waals surface area contributed by atoms with E-state index in [1.54, 1.807) is 12.0 Å². The van der Waals surface area contributed by atoms with Crippen molar-refractivity contribution in [3.63, 3.8) is 0 Å². The molecule has 84 valence electrons. The van der Waals surface area contributed by atoms with E-state index in [0.717, 1.165) is 11.8 Å². The summed E-state index contributed by atoms with van der Waals surface area (Å²) in [5.41, 5.74) is 1.79. The Balaban J connectivity index is 1.34. The minimum atomic E-state index is 1.11. The van der Waals surface area contributed by atoms with Gasteiger partial charge in [0.2, 0.25) is 0 Å². The Morgan fingerprint density at radius 3 is 2.93 bits per heavy atom. The Kier molecular flexibility index (Phi) is 2.83. The lowest BCUT2D eigenvalue weighted by Gasteiger charge is -2.30. The Labute approximate surface area is 93.5 Å². The van der Waals surface area contributed by atoms with Gasteiger partial charge in [0.1, 0.15) is 0 Å². The fraction of sp³-hybridized carbons (Fsp3) is 0.857. The number of nitrogens with zero attached hydrogens (tertiary/aromatic N) is 1. The molecule has 0 aromatic carbocycles. The van der Waals surface area contributed by atoms with E-state index in [-0.39, 0.29) is 0 Å². The van der Waals surface area contributed by atoms with Gasteiger partial charge in [0, 0.05) is 0 Å². The molecule has 2 unspecified atom stereocenters. The molecule has 1 aliphatic heterocycles. The van der Waals surface area contributed by atoms with Crippen molar-refractivity contribution in [1.29, 1.82) is 0 Å². The molecule has 3 aliphatic rings. The van der Waals surface area contributed by atoms with Gasteiger partial charge in [-0.1, -0.05) is 11.6 Å². The summed E-state index contributed by atoms with van der Waals surface area (Å²) in [6, 6.07) is 0. The van der Waals surface area contributed by atoms with E-state index >= 15 is 0 Å². The predicted molar refractivity (Wildman–Crippen MR) is 63.8 cm³/mol. The highest BCUT2D eigenvalue weighted by molar-refractivity contribution is 5.12. The van der Waals surface area contributed by atoms with Gasteiger partial charge in [-0.2, -0.15) is 0 Å². The van der Waals surface area contributed by atoms with Gasteiger partial charge >= 0.3 is 0 Å². The number of fused-ring (bicyclic) bond motifs is 1. The van der Waals surface area contributed by atoms with Gasteiger partial charge in [-0.3, -0.25) is 0 Å². The zero-order valence-electron chi connectivity index (χ0n) is 9.75. The summed E-state index contributed by atoms with van der Waals surface area (Å²) in [7, 11) is 0.